The van der Waals surface area contributed by atoms with Crippen LogP contribution < -0.4 is 11.1 Å². The van der Waals surface area contributed by atoms with Crippen LogP contribution in [-0.2, 0) is 14.4 Å². The van der Waals surface area contributed by atoms with Gasteiger partial charge in [0.05, 0.1) is 5.92 Å². The zero-order valence-corrected chi connectivity index (χ0v) is 10.2. The normalized spacial score (nSPS) is 15.1. The highest BCUT2D eigenvalue weighted by Crippen LogP contribution is 2.20. The fourth-order valence-corrected chi connectivity index (χ4v) is 1.43. The lowest BCUT2D eigenvalue weighted by Crippen LogP contribution is -2.58. The molecule has 2 unspecified atom stereocenters. The molecule has 0 saturated carbocycles. The maximum atomic E-state index is 11.9. The molecule has 0 heterocycles. The van der Waals surface area contributed by atoms with Crippen molar-refractivity contribution in [1.82, 2.24) is 0 Å². The van der Waals surface area contributed by atoms with Gasteiger partial charge in [-0.05, 0) is 19.1 Å². The number of carboxylic acid groups (broad SMARTS) is 1. The summed E-state index contributed by atoms with van der Waals surface area (Å²) in [5, 5.41) is 21.1. The Hall–Kier alpha value is -2.41. The van der Waals surface area contributed by atoms with Crippen molar-refractivity contribution in [1.29, 1.82) is 0 Å². The van der Waals surface area contributed by atoms with E-state index in [4.69, 9.17) is 10.8 Å². The highest BCUT2D eigenvalue weighted by Gasteiger charge is 2.51. The summed E-state index contributed by atoms with van der Waals surface area (Å²) in [5.41, 5.74) is 2.33. The number of hydrogen-bond donors (Lipinski definition) is 4. The summed E-state index contributed by atoms with van der Waals surface area (Å²) in [4.78, 5) is 34.0. The number of nitrogens with two attached hydrogens (primary N) is 1. The predicted molar refractivity (Wildman–Crippen MR) is 66.0 cm³/mol. The van der Waals surface area contributed by atoms with Crippen molar-refractivity contribution >= 4 is 23.5 Å². The summed E-state index contributed by atoms with van der Waals surface area (Å²) in [5.74, 6) is -5.73. The van der Waals surface area contributed by atoms with Crippen molar-refractivity contribution in [2.24, 2.45) is 11.7 Å². The lowest BCUT2D eigenvalue weighted by atomic mass is 9.87. The molecule has 2 atom stereocenters. The van der Waals surface area contributed by atoms with E-state index in [1.54, 1.807) is 18.2 Å². The van der Waals surface area contributed by atoms with Gasteiger partial charge in [0.1, 0.15) is 0 Å². The minimum Gasteiger partial charge on any atom is -0.479 e. The van der Waals surface area contributed by atoms with Crippen LogP contribution in [-0.4, -0.2) is 33.6 Å². The fraction of sp³-hybridized carbons (Fsp3) is 0.250. The first kappa shape index (κ1) is 14.7. The fourth-order valence-electron chi connectivity index (χ4n) is 1.43. The van der Waals surface area contributed by atoms with Crippen molar-refractivity contribution in [2.75, 3.05) is 5.32 Å². The van der Waals surface area contributed by atoms with Crippen LogP contribution >= 0.6 is 0 Å². The van der Waals surface area contributed by atoms with Crippen molar-refractivity contribution < 1.29 is 24.6 Å². The summed E-state index contributed by atoms with van der Waals surface area (Å²) in [6.45, 7) is 1.07. The van der Waals surface area contributed by atoms with Crippen LogP contribution in [0.2, 0.25) is 0 Å². The second-order valence-electron chi connectivity index (χ2n) is 4.02. The Balaban J connectivity index is 3.04. The zero-order valence-electron chi connectivity index (χ0n) is 10.2. The molecule has 0 aromatic heterocycles. The van der Waals surface area contributed by atoms with Gasteiger partial charge in [0, 0.05) is 5.69 Å². The second-order valence-corrected chi connectivity index (χ2v) is 4.02. The Morgan fingerprint density at radius 2 is 1.79 bits per heavy atom. The van der Waals surface area contributed by atoms with Crippen LogP contribution in [0.3, 0.4) is 0 Å². The largest absolute Gasteiger partial charge is 0.479 e. The molecule has 0 spiro atoms. The van der Waals surface area contributed by atoms with Crippen LogP contribution in [0.15, 0.2) is 30.3 Å². The number of anilines is 1. The summed E-state index contributed by atoms with van der Waals surface area (Å²) >= 11 is 0. The Bertz CT molecular complexity index is 502. The maximum absolute atomic E-state index is 11.9. The van der Waals surface area contributed by atoms with Gasteiger partial charge >= 0.3 is 5.97 Å². The van der Waals surface area contributed by atoms with Crippen LogP contribution in [0.5, 0.6) is 0 Å². The van der Waals surface area contributed by atoms with E-state index in [1.165, 1.54) is 12.1 Å². The third-order valence-corrected chi connectivity index (χ3v) is 2.76. The number of para-hydroxylation sites is 1. The summed E-state index contributed by atoms with van der Waals surface area (Å²) in [7, 11) is 0. The van der Waals surface area contributed by atoms with Gasteiger partial charge in [0.2, 0.25) is 5.91 Å². The Labute approximate surface area is 109 Å². The first-order chi connectivity index (χ1) is 8.80. The van der Waals surface area contributed by atoms with Gasteiger partial charge in [0.25, 0.3) is 11.5 Å². The molecule has 1 aromatic rings. The van der Waals surface area contributed by atoms with Gasteiger partial charge < -0.3 is 21.3 Å². The molecule has 1 aromatic carbocycles. The number of rotatable bonds is 5. The molecule has 7 nitrogen and oxygen atoms in total. The van der Waals surface area contributed by atoms with E-state index >= 15 is 0 Å². The average molecular weight is 266 g/mol. The molecular formula is C12H14N2O5. The maximum Gasteiger partial charge on any atom is 0.346 e. The van der Waals surface area contributed by atoms with Crippen molar-refractivity contribution in [3.05, 3.63) is 30.3 Å². The minimum atomic E-state index is -2.92. The number of aliphatic hydroxyl groups is 1. The monoisotopic (exact) mass is 266 g/mol. The molecule has 2 amide bonds. The number of carboxylic acids is 1. The number of hydrogen-bond acceptors (Lipinski definition) is 4. The molecule has 0 aliphatic rings. The van der Waals surface area contributed by atoms with Crippen LogP contribution in [0.4, 0.5) is 5.69 Å². The molecule has 0 bridgehead atoms. The number of amides is 2. The highest BCUT2D eigenvalue weighted by molar-refractivity contribution is 6.14. The molecule has 5 N–H and O–H groups in total. The van der Waals surface area contributed by atoms with E-state index < -0.39 is 29.3 Å². The molecule has 1 rings (SSSR count). The van der Waals surface area contributed by atoms with Crippen LogP contribution in [0.1, 0.15) is 6.92 Å². The Morgan fingerprint density at radius 3 is 2.21 bits per heavy atom. The lowest BCUT2D eigenvalue weighted by Gasteiger charge is -2.26. The van der Waals surface area contributed by atoms with Crippen LogP contribution in [0.25, 0.3) is 0 Å². The number of carbonyl (C=O) groups excluding carboxylic acids is 2. The number of carbonyl (C=O) groups is 3. The third kappa shape index (κ3) is 2.89. The second kappa shape index (κ2) is 5.49. The Morgan fingerprint density at radius 1 is 1.26 bits per heavy atom. The molecule has 102 valence electrons. The minimum absolute atomic E-state index is 0.295. The molecule has 0 aliphatic carbocycles. The lowest BCUT2D eigenvalue weighted by molar-refractivity contribution is -0.172. The van der Waals surface area contributed by atoms with Gasteiger partial charge in [0.15, 0.2) is 0 Å². The van der Waals surface area contributed by atoms with E-state index in [2.05, 4.69) is 5.32 Å². The zero-order chi connectivity index (χ0) is 14.6. The number of nitrogens with one attached hydrogen (secondary N) is 1. The topological polar surface area (TPSA) is 130 Å². The Kier molecular flexibility index (Phi) is 4.23. The standard InChI is InChI=1S/C12H14N2O5/c1-7(9(13)15)12(19,11(17)18)10(16)14-8-5-3-2-4-6-8/h2-7,19H,1H3,(H2,13,15)(H,14,16)(H,17,18). The number of aliphatic carboxylic acids is 1. The predicted octanol–water partition coefficient (Wildman–Crippen LogP) is -0.438. The van der Waals surface area contributed by atoms with Crippen LogP contribution in [0, 0.1) is 5.92 Å². The third-order valence-electron chi connectivity index (χ3n) is 2.76. The number of primary amides is 1. The van der Waals surface area contributed by atoms with Gasteiger partial charge in [-0.15, -0.1) is 0 Å². The molecule has 7 heteroatoms. The van der Waals surface area contributed by atoms with Crippen molar-refractivity contribution in [2.45, 2.75) is 12.5 Å². The molecule has 0 radical (unpaired) electrons. The summed E-state index contributed by atoms with van der Waals surface area (Å²) in [6.07, 6.45) is 0. The first-order valence-electron chi connectivity index (χ1n) is 5.41. The summed E-state index contributed by atoms with van der Waals surface area (Å²) < 4.78 is 0. The average Bonchev–Trinajstić information content (AvgIpc) is 2.37. The molecular weight excluding hydrogens is 252 g/mol. The van der Waals surface area contributed by atoms with E-state index in [9.17, 15) is 19.5 Å². The van der Waals surface area contributed by atoms with Gasteiger partial charge in [-0.2, -0.15) is 0 Å². The van der Waals surface area contributed by atoms with E-state index in [0.29, 0.717) is 5.69 Å². The van der Waals surface area contributed by atoms with E-state index in [0.717, 1.165) is 6.92 Å². The van der Waals surface area contributed by atoms with Gasteiger partial charge in [-0.25, -0.2) is 4.79 Å². The van der Waals surface area contributed by atoms with Gasteiger partial charge in [-0.3, -0.25) is 9.59 Å². The number of benzene rings is 1. The SMILES string of the molecule is CC(C(N)=O)C(O)(C(=O)O)C(=O)Nc1ccccc1. The van der Waals surface area contributed by atoms with E-state index in [1.807, 2.05) is 0 Å². The molecule has 0 fully saturated rings. The van der Waals surface area contributed by atoms with Crippen molar-refractivity contribution in [3.8, 4) is 0 Å². The van der Waals surface area contributed by atoms with Gasteiger partial charge in [-0.1, -0.05) is 18.2 Å². The van der Waals surface area contributed by atoms with E-state index in [-0.39, 0.29) is 0 Å². The smallest absolute Gasteiger partial charge is 0.346 e. The molecule has 0 aliphatic heterocycles. The molecule has 0 saturated heterocycles. The summed E-state index contributed by atoms with van der Waals surface area (Å²) in [6, 6.07) is 7.95. The quantitative estimate of drug-likeness (QED) is 0.537. The van der Waals surface area contributed by atoms with Crippen molar-refractivity contribution in [3.63, 3.8) is 0 Å². The highest BCUT2D eigenvalue weighted by atomic mass is 16.4. The first-order valence-corrected chi connectivity index (χ1v) is 5.41. The molecule has 19 heavy (non-hydrogen) atoms.